The van der Waals surface area contributed by atoms with Gasteiger partial charge in [-0.2, -0.15) is 5.26 Å². The molecular formula is C17H26N4O2S2. The number of rotatable bonds is 9. The molecule has 3 N–H and O–H groups in total. The van der Waals surface area contributed by atoms with E-state index < -0.39 is 0 Å². The molecule has 1 amide bonds. The maximum atomic E-state index is 11.0. The van der Waals surface area contributed by atoms with Crippen LogP contribution in [0.1, 0.15) is 27.2 Å². The van der Waals surface area contributed by atoms with Gasteiger partial charge >= 0.3 is 0 Å². The minimum absolute atomic E-state index is 0.0243. The van der Waals surface area contributed by atoms with E-state index in [9.17, 15) is 4.79 Å². The molecule has 0 spiro atoms. The monoisotopic (exact) mass is 382 g/mol. The van der Waals surface area contributed by atoms with Crippen molar-refractivity contribution in [3.05, 3.63) is 24.3 Å². The molecule has 0 saturated heterocycles. The first-order valence-electron chi connectivity index (χ1n) is 8.21. The molecule has 6 nitrogen and oxygen atoms in total. The zero-order chi connectivity index (χ0) is 18.9. The fourth-order valence-corrected chi connectivity index (χ4v) is 2.16. The highest BCUT2D eigenvalue weighted by atomic mass is 32.2. The minimum atomic E-state index is 0.0243. The van der Waals surface area contributed by atoms with E-state index in [4.69, 9.17) is 22.2 Å². The molecule has 0 atom stereocenters. The molecule has 0 aliphatic carbocycles. The van der Waals surface area contributed by atoms with Gasteiger partial charge in [-0.1, -0.05) is 20.8 Å². The van der Waals surface area contributed by atoms with Gasteiger partial charge in [-0.25, -0.2) is 0 Å². The number of carbonyl (C=O) groups excluding carboxylic acids is 1. The second-order valence-electron chi connectivity index (χ2n) is 4.41. The number of thiocyanates is 1. The number of nitrogens with zero attached hydrogens (tertiary/aromatic N) is 1. The van der Waals surface area contributed by atoms with E-state index >= 15 is 0 Å². The number of nitrogens with one attached hydrogen (secondary N) is 3. The number of thioether (sulfide) groups is 1. The van der Waals surface area contributed by atoms with Gasteiger partial charge in [-0.3, -0.25) is 4.79 Å². The van der Waals surface area contributed by atoms with Crippen LogP contribution in [0, 0.1) is 10.7 Å². The first-order valence-corrected chi connectivity index (χ1v) is 9.43. The number of hydrogen-bond donors (Lipinski definition) is 3. The molecule has 1 rings (SSSR count). The molecule has 1 aromatic carbocycles. The lowest BCUT2D eigenvalue weighted by Crippen LogP contribution is -2.32. The molecule has 0 saturated carbocycles. The second kappa shape index (κ2) is 15.7. The lowest BCUT2D eigenvalue weighted by atomic mass is 10.3. The van der Waals surface area contributed by atoms with Crippen LogP contribution in [0.25, 0.3) is 0 Å². The highest BCUT2D eigenvalue weighted by molar-refractivity contribution is 8.03. The molecule has 0 aliphatic rings. The van der Waals surface area contributed by atoms with Gasteiger partial charge in [-0.05, 0) is 48.2 Å². The average molecular weight is 383 g/mol. The van der Waals surface area contributed by atoms with E-state index in [1.54, 1.807) is 0 Å². The third-order valence-corrected chi connectivity index (χ3v) is 3.54. The Kier molecular flexibility index (Phi) is 14.6. The van der Waals surface area contributed by atoms with Crippen molar-refractivity contribution in [3.8, 4) is 5.40 Å². The predicted octanol–water partition coefficient (Wildman–Crippen LogP) is 3.12. The topological polar surface area (TPSA) is 86.2 Å². The number of benzene rings is 1. The van der Waals surface area contributed by atoms with Gasteiger partial charge in [0.1, 0.15) is 5.40 Å². The zero-order valence-corrected chi connectivity index (χ0v) is 16.6. The molecule has 8 heteroatoms. The van der Waals surface area contributed by atoms with Crippen molar-refractivity contribution in [2.45, 2.75) is 32.1 Å². The molecular weight excluding hydrogens is 356 g/mol. The number of thiocarbonyl (C=S) groups is 1. The number of anilines is 1. The van der Waals surface area contributed by atoms with E-state index in [1.165, 1.54) is 0 Å². The van der Waals surface area contributed by atoms with E-state index in [0.717, 1.165) is 22.3 Å². The first-order chi connectivity index (χ1) is 12.2. The fourth-order valence-electron chi connectivity index (χ4n) is 1.56. The standard InChI is InChI=1S/C15H20N4O2S2.C2H6/c1-2-14(20)17-7-9-21-10-8-18-15(22)19-12-3-5-13(6-4-12)23-11-16;1-2/h3-6H,2,7-10H2,1H3,(H,17,20)(H2,18,19,22);1-2H3. The van der Waals surface area contributed by atoms with Crippen molar-refractivity contribution in [3.63, 3.8) is 0 Å². The van der Waals surface area contributed by atoms with Gasteiger partial charge in [0.25, 0.3) is 0 Å². The van der Waals surface area contributed by atoms with Crippen molar-refractivity contribution < 1.29 is 9.53 Å². The van der Waals surface area contributed by atoms with Gasteiger partial charge in [0, 0.05) is 30.1 Å². The summed E-state index contributed by atoms with van der Waals surface area (Å²) in [6, 6.07) is 7.43. The molecule has 25 heavy (non-hydrogen) atoms. The van der Waals surface area contributed by atoms with Gasteiger partial charge in [0.05, 0.1) is 13.2 Å². The highest BCUT2D eigenvalue weighted by Gasteiger charge is 1.99. The predicted molar refractivity (Wildman–Crippen MR) is 108 cm³/mol. The number of hydrogen-bond acceptors (Lipinski definition) is 5. The normalized spacial score (nSPS) is 9.20. The SMILES string of the molecule is CC.CCC(=O)NCCOCCNC(=S)Nc1ccc(SC#N)cc1. The van der Waals surface area contributed by atoms with Gasteiger partial charge in [0.2, 0.25) is 5.91 Å². The van der Waals surface area contributed by atoms with Crippen LogP contribution < -0.4 is 16.0 Å². The van der Waals surface area contributed by atoms with Crippen molar-refractivity contribution in [1.29, 1.82) is 5.26 Å². The Balaban J connectivity index is 0.00000277. The van der Waals surface area contributed by atoms with Crippen LogP contribution in [0.2, 0.25) is 0 Å². The third-order valence-electron chi connectivity index (χ3n) is 2.70. The Morgan fingerprint density at radius 2 is 1.80 bits per heavy atom. The number of carbonyl (C=O) groups is 1. The van der Waals surface area contributed by atoms with Gasteiger partial charge in [-0.15, -0.1) is 0 Å². The van der Waals surface area contributed by atoms with Crippen molar-refractivity contribution in [1.82, 2.24) is 10.6 Å². The molecule has 1 aromatic rings. The lowest BCUT2D eigenvalue weighted by Gasteiger charge is -2.11. The zero-order valence-electron chi connectivity index (χ0n) is 14.9. The van der Waals surface area contributed by atoms with Gasteiger partial charge < -0.3 is 20.7 Å². The highest BCUT2D eigenvalue weighted by Crippen LogP contribution is 2.18. The Morgan fingerprint density at radius 3 is 2.36 bits per heavy atom. The minimum Gasteiger partial charge on any atom is -0.378 e. The molecule has 0 aromatic heterocycles. The summed E-state index contributed by atoms with van der Waals surface area (Å²) in [5.74, 6) is 0.0243. The number of amides is 1. The summed E-state index contributed by atoms with van der Waals surface area (Å²) in [6.07, 6.45) is 0.484. The Bertz CT molecular complexity index is 545. The van der Waals surface area contributed by atoms with Crippen LogP contribution in [0.4, 0.5) is 5.69 Å². The molecule has 138 valence electrons. The van der Waals surface area contributed by atoms with Gasteiger partial charge in [0.15, 0.2) is 5.11 Å². The van der Waals surface area contributed by atoms with E-state index in [-0.39, 0.29) is 5.91 Å². The second-order valence-corrected chi connectivity index (χ2v) is 5.68. The van der Waals surface area contributed by atoms with E-state index in [1.807, 2.05) is 50.4 Å². The molecule has 0 fully saturated rings. The van der Waals surface area contributed by atoms with Crippen LogP contribution in [-0.2, 0) is 9.53 Å². The summed E-state index contributed by atoms with van der Waals surface area (Å²) in [5.41, 5.74) is 0.855. The molecule has 0 bridgehead atoms. The Labute approximate surface area is 159 Å². The molecule has 0 radical (unpaired) electrons. The summed E-state index contributed by atoms with van der Waals surface area (Å²) in [6.45, 7) is 7.88. The van der Waals surface area contributed by atoms with Crippen molar-refractivity contribution in [2.24, 2.45) is 0 Å². The van der Waals surface area contributed by atoms with E-state index in [2.05, 4.69) is 16.0 Å². The van der Waals surface area contributed by atoms with Crippen LogP contribution in [0.15, 0.2) is 29.2 Å². The third kappa shape index (κ3) is 12.2. The average Bonchev–Trinajstić information content (AvgIpc) is 2.64. The van der Waals surface area contributed by atoms with Crippen molar-refractivity contribution in [2.75, 3.05) is 31.6 Å². The van der Waals surface area contributed by atoms with Crippen LogP contribution in [0.3, 0.4) is 0 Å². The summed E-state index contributed by atoms with van der Waals surface area (Å²) >= 11 is 6.29. The van der Waals surface area contributed by atoms with Crippen LogP contribution in [-0.4, -0.2) is 37.3 Å². The molecule has 0 aliphatic heterocycles. The van der Waals surface area contributed by atoms with Crippen molar-refractivity contribution >= 4 is 40.7 Å². The summed E-state index contributed by atoms with van der Waals surface area (Å²) < 4.78 is 5.37. The maximum Gasteiger partial charge on any atom is 0.219 e. The fraction of sp³-hybridized carbons (Fsp3) is 0.471. The summed E-state index contributed by atoms with van der Waals surface area (Å²) in [5, 5.41) is 19.9. The maximum absolute atomic E-state index is 11.0. The Hall–Kier alpha value is -1.82. The number of nitriles is 1. The number of ether oxygens (including phenoxy) is 1. The Morgan fingerprint density at radius 1 is 1.20 bits per heavy atom. The van der Waals surface area contributed by atoms with E-state index in [0.29, 0.717) is 37.8 Å². The van der Waals surface area contributed by atoms with Crippen LogP contribution >= 0.6 is 24.0 Å². The summed E-state index contributed by atoms with van der Waals surface area (Å²) in [7, 11) is 0. The smallest absolute Gasteiger partial charge is 0.219 e. The van der Waals surface area contributed by atoms with Crippen LogP contribution in [0.5, 0.6) is 0 Å². The first kappa shape index (κ1) is 23.2. The molecule has 0 heterocycles. The molecule has 0 unspecified atom stereocenters. The largest absolute Gasteiger partial charge is 0.378 e. The lowest BCUT2D eigenvalue weighted by molar-refractivity contribution is -0.121. The summed E-state index contributed by atoms with van der Waals surface area (Å²) in [4.78, 5) is 11.9. The quantitative estimate of drug-likeness (QED) is 0.262.